The van der Waals surface area contributed by atoms with Crippen molar-refractivity contribution in [3.8, 4) is 0 Å². The minimum atomic E-state index is -0.187. The molecule has 0 spiro atoms. The molecule has 2 rings (SSSR count). The smallest absolute Gasteiger partial charge is 0.123 e. The highest BCUT2D eigenvalue weighted by atomic mass is 19.1. The molecular weight excluding hydrogens is 231 g/mol. The van der Waals surface area contributed by atoms with Crippen molar-refractivity contribution in [1.82, 2.24) is 10.2 Å². The van der Waals surface area contributed by atoms with Crippen molar-refractivity contribution in [2.75, 3.05) is 33.3 Å². The summed E-state index contributed by atoms with van der Waals surface area (Å²) in [4.78, 5) is 2.24. The summed E-state index contributed by atoms with van der Waals surface area (Å²) in [5.74, 6) is -0.187. The van der Waals surface area contributed by atoms with Gasteiger partial charge in [-0.15, -0.1) is 0 Å². The molecule has 1 aromatic rings. The highest BCUT2D eigenvalue weighted by Gasteiger charge is 2.19. The first kappa shape index (κ1) is 13.5. The molecule has 2 unspecified atom stereocenters. The molecule has 1 aromatic carbocycles. The standard InChI is InChI=1S/C14H21FN2O/c1-11(12-3-5-13(15)6-4-12)17(2)10-14-9-16-7-8-18-14/h3-6,11,14,16H,7-10H2,1-2H3. The molecule has 100 valence electrons. The van der Waals surface area contributed by atoms with E-state index in [0.717, 1.165) is 31.8 Å². The van der Waals surface area contributed by atoms with Gasteiger partial charge in [0.05, 0.1) is 12.7 Å². The molecule has 0 amide bonds. The van der Waals surface area contributed by atoms with E-state index < -0.39 is 0 Å². The van der Waals surface area contributed by atoms with Crippen LogP contribution in [0.3, 0.4) is 0 Å². The summed E-state index contributed by atoms with van der Waals surface area (Å²) < 4.78 is 18.6. The van der Waals surface area contributed by atoms with Crippen LogP contribution in [0, 0.1) is 5.82 Å². The van der Waals surface area contributed by atoms with E-state index in [2.05, 4.69) is 24.2 Å². The molecule has 0 radical (unpaired) electrons. The van der Waals surface area contributed by atoms with E-state index in [1.54, 1.807) is 0 Å². The second-order valence-electron chi connectivity index (χ2n) is 4.86. The van der Waals surface area contributed by atoms with Gasteiger partial charge in [-0.25, -0.2) is 4.39 Å². The maximum Gasteiger partial charge on any atom is 0.123 e. The third-order valence-corrected chi connectivity index (χ3v) is 3.51. The number of nitrogens with one attached hydrogen (secondary N) is 1. The molecule has 1 saturated heterocycles. The van der Waals surface area contributed by atoms with Crippen LogP contribution >= 0.6 is 0 Å². The lowest BCUT2D eigenvalue weighted by Crippen LogP contribution is -2.44. The minimum absolute atomic E-state index is 0.187. The molecule has 1 heterocycles. The zero-order valence-corrected chi connectivity index (χ0v) is 11.0. The van der Waals surface area contributed by atoms with Crippen LogP contribution in [0.25, 0.3) is 0 Å². The van der Waals surface area contributed by atoms with Gasteiger partial charge >= 0.3 is 0 Å². The van der Waals surface area contributed by atoms with E-state index >= 15 is 0 Å². The van der Waals surface area contributed by atoms with Gasteiger partial charge in [0.1, 0.15) is 5.82 Å². The number of hydrogen-bond acceptors (Lipinski definition) is 3. The van der Waals surface area contributed by atoms with Gasteiger partial charge in [0.2, 0.25) is 0 Å². The van der Waals surface area contributed by atoms with Crippen molar-refractivity contribution in [3.63, 3.8) is 0 Å². The average Bonchev–Trinajstić information content (AvgIpc) is 2.40. The van der Waals surface area contributed by atoms with Gasteiger partial charge in [-0.05, 0) is 31.7 Å². The molecular formula is C14H21FN2O. The Balaban J connectivity index is 1.91. The summed E-state index contributed by atoms with van der Waals surface area (Å²) in [5, 5.41) is 3.33. The van der Waals surface area contributed by atoms with Crippen LogP contribution in [-0.4, -0.2) is 44.3 Å². The monoisotopic (exact) mass is 252 g/mol. The molecule has 1 fully saturated rings. The van der Waals surface area contributed by atoms with E-state index in [1.807, 2.05) is 12.1 Å². The Kier molecular flexibility index (Phi) is 4.69. The lowest BCUT2D eigenvalue weighted by molar-refractivity contribution is 0.00393. The van der Waals surface area contributed by atoms with Gasteiger partial charge in [-0.2, -0.15) is 0 Å². The molecule has 0 bridgehead atoms. The number of rotatable bonds is 4. The Labute approximate surface area is 108 Å². The highest BCUT2D eigenvalue weighted by Crippen LogP contribution is 2.19. The van der Waals surface area contributed by atoms with E-state index in [1.165, 1.54) is 12.1 Å². The Bertz CT molecular complexity index is 363. The third kappa shape index (κ3) is 3.51. The van der Waals surface area contributed by atoms with Crippen molar-refractivity contribution in [3.05, 3.63) is 35.6 Å². The van der Waals surface area contributed by atoms with Crippen molar-refractivity contribution in [1.29, 1.82) is 0 Å². The number of ether oxygens (including phenoxy) is 1. The molecule has 3 nitrogen and oxygen atoms in total. The maximum absolute atomic E-state index is 12.9. The summed E-state index contributed by atoms with van der Waals surface area (Å²) in [6.45, 7) is 5.63. The molecule has 1 aliphatic rings. The second kappa shape index (κ2) is 6.27. The van der Waals surface area contributed by atoms with Gasteiger partial charge in [0.15, 0.2) is 0 Å². The van der Waals surface area contributed by atoms with Gasteiger partial charge in [0.25, 0.3) is 0 Å². The number of nitrogens with zero attached hydrogens (tertiary/aromatic N) is 1. The van der Waals surface area contributed by atoms with Crippen LogP contribution in [-0.2, 0) is 4.74 Å². The fourth-order valence-electron chi connectivity index (χ4n) is 2.21. The Hall–Kier alpha value is -0.970. The van der Waals surface area contributed by atoms with Crippen LogP contribution < -0.4 is 5.32 Å². The topological polar surface area (TPSA) is 24.5 Å². The lowest BCUT2D eigenvalue weighted by Gasteiger charge is -2.31. The van der Waals surface area contributed by atoms with Gasteiger partial charge in [-0.1, -0.05) is 12.1 Å². The summed E-state index contributed by atoms with van der Waals surface area (Å²) in [6.07, 6.45) is 0.242. The average molecular weight is 252 g/mol. The molecule has 2 atom stereocenters. The molecule has 0 saturated carbocycles. The molecule has 18 heavy (non-hydrogen) atoms. The normalized spacial score (nSPS) is 22.1. The Morgan fingerprint density at radius 3 is 2.78 bits per heavy atom. The number of hydrogen-bond donors (Lipinski definition) is 1. The van der Waals surface area contributed by atoms with Crippen molar-refractivity contribution in [2.45, 2.75) is 19.1 Å². The van der Waals surface area contributed by atoms with Crippen LogP contribution in [0.1, 0.15) is 18.5 Å². The zero-order valence-electron chi connectivity index (χ0n) is 11.0. The summed E-state index contributed by atoms with van der Waals surface area (Å²) in [7, 11) is 2.08. The van der Waals surface area contributed by atoms with Gasteiger partial charge < -0.3 is 10.1 Å². The van der Waals surface area contributed by atoms with Crippen molar-refractivity contribution in [2.24, 2.45) is 0 Å². The molecule has 1 N–H and O–H groups in total. The predicted molar refractivity (Wildman–Crippen MR) is 70.1 cm³/mol. The van der Waals surface area contributed by atoms with Gasteiger partial charge in [-0.3, -0.25) is 4.90 Å². The van der Waals surface area contributed by atoms with Gasteiger partial charge in [0, 0.05) is 25.7 Å². The number of halogens is 1. The number of likely N-dealkylation sites (N-methyl/N-ethyl adjacent to an activating group) is 1. The summed E-state index contributed by atoms with van der Waals surface area (Å²) in [6, 6.07) is 6.97. The van der Waals surface area contributed by atoms with E-state index in [-0.39, 0.29) is 18.0 Å². The van der Waals surface area contributed by atoms with Crippen molar-refractivity contribution >= 4 is 0 Å². The van der Waals surface area contributed by atoms with Crippen LogP contribution in [0.2, 0.25) is 0 Å². The SMILES string of the molecule is CC(c1ccc(F)cc1)N(C)CC1CNCCO1. The maximum atomic E-state index is 12.9. The molecule has 0 aromatic heterocycles. The first-order chi connectivity index (χ1) is 8.66. The lowest BCUT2D eigenvalue weighted by atomic mass is 10.1. The Morgan fingerprint density at radius 1 is 1.44 bits per heavy atom. The second-order valence-corrected chi connectivity index (χ2v) is 4.86. The Morgan fingerprint density at radius 2 is 2.17 bits per heavy atom. The molecule has 4 heteroatoms. The number of morpholine rings is 1. The predicted octanol–water partition coefficient (Wildman–Crippen LogP) is 1.81. The van der Waals surface area contributed by atoms with E-state index in [9.17, 15) is 4.39 Å². The number of benzene rings is 1. The summed E-state index contributed by atoms with van der Waals surface area (Å²) in [5.41, 5.74) is 1.13. The van der Waals surface area contributed by atoms with E-state index in [0.29, 0.717) is 0 Å². The van der Waals surface area contributed by atoms with E-state index in [4.69, 9.17) is 4.74 Å². The first-order valence-electron chi connectivity index (χ1n) is 6.45. The molecule has 0 aliphatic carbocycles. The van der Waals surface area contributed by atoms with Crippen LogP contribution in [0.5, 0.6) is 0 Å². The third-order valence-electron chi connectivity index (χ3n) is 3.51. The van der Waals surface area contributed by atoms with Crippen molar-refractivity contribution < 1.29 is 9.13 Å². The quantitative estimate of drug-likeness (QED) is 0.884. The van der Waals surface area contributed by atoms with Crippen LogP contribution in [0.4, 0.5) is 4.39 Å². The minimum Gasteiger partial charge on any atom is -0.374 e. The summed E-state index contributed by atoms with van der Waals surface area (Å²) >= 11 is 0. The fourth-order valence-corrected chi connectivity index (χ4v) is 2.21. The van der Waals surface area contributed by atoms with Crippen LogP contribution in [0.15, 0.2) is 24.3 Å². The largest absolute Gasteiger partial charge is 0.374 e. The molecule has 1 aliphatic heterocycles. The fraction of sp³-hybridized carbons (Fsp3) is 0.571. The zero-order chi connectivity index (χ0) is 13.0. The first-order valence-corrected chi connectivity index (χ1v) is 6.45. The highest BCUT2D eigenvalue weighted by molar-refractivity contribution is 5.19.